The fraction of sp³-hybridized carbons (Fsp3) is 0.529. The van der Waals surface area contributed by atoms with Crippen molar-refractivity contribution in [1.82, 2.24) is 10.2 Å². The van der Waals surface area contributed by atoms with E-state index < -0.39 is 56.0 Å². The first-order chi connectivity index (χ1) is 22.1. The Hall–Kier alpha value is -4.10. The predicted molar refractivity (Wildman–Crippen MR) is 176 cm³/mol. The van der Waals surface area contributed by atoms with E-state index in [4.69, 9.17) is 28.4 Å². The Morgan fingerprint density at radius 2 is 1.70 bits per heavy atom. The van der Waals surface area contributed by atoms with Crippen LogP contribution in [-0.2, 0) is 52.8 Å². The molecule has 0 unspecified atom stereocenters. The van der Waals surface area contributed by atoms with Gasteiger partial charge < -0.3 is 33.7 Å². The van der Waals surface area contributed by atoms with Crippen LogP contribution in [0, 0.1) is 0 Å². The summed E-state index contributed by atoms with van der Waals surface area (Å²) in [6.07, 6.45) is -2.68. The zero-order valence-electron chi connectivity index (χ0n) is 28.6. The first kappa shape index (κ1) is 37.4. The topological polar surface area (TPSA) is 139 Å². The van der Waals surface area contributed by atoms with Gasteiger partial charge in [0, 0.05) is 21.1 Å². The van der Waals surface area contributed by atoms with Crippen LogP contribution in [0.2, 0.25) is 25.7 Å². The maximum Gasteiger partial charge on any atom is 0.411 e. The Balaban J connectivity index is 1.78. The Labute approximate surface area is 278 Å². The van der Waals surface area contributed by atoms with Gasteiger partial charge in [-0.1, -0.05) is 56.0 Å². The number of alkyl carbamates (subject to hydrolysis) is 1. The van der Waals surface area contributed by atoms with Gasteiger partial charge >= 0.3 is 24.1 Å². The van der Waals surface area contributed by atoms with E-state index in [1.807, 2.05) is 36.4 Å². The molecule has 0 bridgehead atoms. The molecule has 2 amide bonds. The molecule has 1 aliphatic heterocycles. The van der Waals surface area contributed by atoms with E-state index in [-0.39, 0.29) is 26.4 Å². The van der Waals surface area contributed by atoms with Gasteiger partial charge in [-0.05, 0) is 62.6 Å². The van der Waals surface area contributed by atoms with Gasteiger partial charge in [0.25, 0.3) is 0 Å². The predicted octanol–water partition coefficient (Wildman–Crippen LogP) is 5.44. The van der Waals surface area contributed by atoms with Crippen molar-refractivity contribution in [3.05, 3.63) is 65.2 Å². The molecule has 2 aromatic carbocycles. The zero-order chi connectivity index (χ0) is 34.8. The van der Waals surface area contributed by atoms with Crippen molar-refractivity contribution in [3.8, 4) is 5.75 Å². The Bertz CT molecular complexity index is 1370. The van der Waals surface area contributed by atoms with Crippen molar-refractivity contribution in [1.29, 1.82) is 0 Å². The molecule has 2 aromatic rings. The van der Waals surface area contributed by atoms with E-state index in [2.05, 4.69) is 25.0 Å². The number of nitrogens with one attached hydrogen (secondary N) is 1. The van der Waals surface area contributed by atoms with Crippen molar-refractivity contribution >= 4 is 32.2 Å². The SMILES string of the molecule is COc1ccc2c(c1)CN(C(=O)OCc1ccccc1)[C@H](C(=O)O[C@H](C)[C@H](NC(=O)OC(C)(C)C)C(=O)OCOCC[Si](C)(C)C)C2. The molecule has 258 valence electrons. The molecule has 0 spiro atoms. The van der Waals surface area contributed by atoms with E-state index >= 15 is 0 Å². The van der Waals surface area contributed by atoms with E-state index in [1.54, 1.807) is 40.0 Å². The van der Waals surface area contributed by atoms with Gasteiger partial charge in [0.05, 0.1) is 13.7 Å². The van der Waals surface area contributed by atoms with Crippen LogP contribution in [0.15, 0.2) is 48.5 Å². The highest BCUT2D eigenvalue weighted by Gasteiger charge is 2.40. The summed E-state index contributed by atoms with van der Waals surface area (Å²) in [6, 6.07) is 13.0. The number of rotatable bonds is 13. The first-order valence-corrected chi connectivity index (χ1v) is 19.3. The molecule has 47 heavy (non-hydrogen) atoms. The lowest BCUT2D eigenvalue weighted by atomic mass is 9.94. The number of hydrogen-bond donors (Lipinski definition) is 1. The Kier molecular flexibility index (Phi) is 13.2. The maximum atomic E-state index is 13.8. The minimum atomic E-state index is -1.42. The van der Waals surface area contributed by atoms with Crippen LogP contribution in [0.1, 0.15) is 44.4 Å². The van der Waals surface area contributed by atoms with Crippen molar-refractivity contribution in [2.24, 2.45) is 0 Å². The van der Waals surface area contributed by atoms with Crippen molar-refractivity contribution in [2.45, 2.75) is 96.7 Å². The molecule has 3 atom stereocenters. The van der Waals surface area contributed by atoms with Gasteiger partial charge in [-0.2, -0.15) is 0 Å². The van der Waals surface area contributed by atoms with Crippen LogP contribution in [0.25, 0.3) is 0 Å². The number of amides is 2. The number of carbonyl (C=O) groups is 4. The molecule has 0 radical (unpaired) electrons. The number of carbonyl (C=O) groups excluding carboxylic acids is 4. The molecule has 1 N–H and O–H groups in total. The minimum absolute atomic E-state index is 0.00699. The largest absolute Gasteiger partial charge is 0.497 e. The molecule has 1 heterocycles. The average molecular weight is 673 g/mol. The molecular formula is C34H48N2O10Si. The molecule has 0 aliphatic carbocycles. The second kappa shape index (κ2) is 16.6. The molecule has 3 rings (SSSR count). The number of fused-ring (bicyclic) bond motifs is 1. The summed E-state index contributed by atoms with van der Waals surface area (Å²) in [5.74, 6) is -1.05. The van der Waals surface area contributed by atoms with Crippen LogP contribution in [0.5, 0.6) is 5.75 Å². The van der Waals surface area contributed by atoms with Gasteiger partial charge in [-0.25, -0.2) is 19.2 Å². The quantitative estimate of drug-likeness (QED) is 0.0963. The standard InChI is InChI=1S/C34H48N2O10Si/c1-23(29(35-32(39)46-34(2,3)4)31(38)44-22-42-16-17-47(6,7)8)45-30(37)28-19-25-14-15-27(41-5)18-26(25)20-36(28)33(40)43-21-24-12-10-9-11-13-24/h9-15,18,23,28-29H,16-17,19-22H2,1-8H3,(H,35,39)/t23-,28+,29+/m1/s1. The minimum Gasteiger partial charge on any atom is -0.497 e. The summed E-state index contributed by atoms with van der Waals surface area (Å²) in [4.78, 5) is 54.3. The summed E-state index contributed by atoms with van der Waals surface area (Å²) in [5.41, 5.74) is 1.55. The van der Waals surface area contributed by atoms with Crippen LogP contribution in [-0.4, -0.2) is 81.4 Å². The maximum absolute atomic E-state index is 13.8. The fourth-order valence-corrected chi connectivity index (χ4v) is 5.41. The van der Waals surface area contributed by atoms with Crippen LogP contribution < -0.4 is 10.1 Å². The highest BCUT2D eigenvalue weighted by atomic mass is 28.3. The van der Waals surface area contributed by atoms with Gasteiger partial charge in [0.15, 0.2) is 12.8 Å². The first-order valence-electron chi connectivity index (χ1n) is 15.6. The number of methoxy groups -OCH3 is 1. The molecule has 12 nitrogen and oxygen atoms in total. The van der Waals surface area contributed by atoms with Crippen molar-refractivity contribution < 1.29 is 47.6 Å². The number of esters is 2. The van der Waals surface area contributed by atoms with Crippen LogP contribution >= 0.6 is 0 Å². The summed E-state index contributed by atoms with van der Waals surface area (Å²) in [7, 11) is 0.189. The van der Waals surface area contributed by atoms with Crippen molar-refractivity contribution in [2.75, 3.05) is 20.5 Å². The molecule has 0 saturated carbocycles. The highest BCUT2D eigenvalue weighted by Crippen LogP contribution is 2.29. The van der Waals surface area contributed by atoms with Crippen LogP contribution in [0.4, 0.5) is 9.59 Å². The second-order valence-electron chi connectivity index (χ2n) is 13.6. The number of ether oxygens (including phenoxy) is 6. The van der Waals surface area contributed by atoms with Gasteiger partial charge in [0.2, 0.25) is 0 Å². The lowest BCUT2D eigenvalue weighted by Crippen LogP contribution is -2.54. The van der Waals surface area contributed by atoms with Crippen LogP contribution in [0.3, 0.4) is 0 Å². The Morgan fingerprint density at radius 3 is 2.34 bits per heavy atom. The monoisotopic (exact) mass is 672 g/mol. The lowest BCUT2D eigenvalue weighted by Gasteiger charge is -2.35. The molecule has 13 heteroatoms. The zero-order valence-corrected chi connectivity index (χ0v) is 29.6. The molecule has 0 aromatic heterocycles. The summed E-state index contributed by atoms with van der Waals surface area (Å²) < 4.78 is 32.8. The van der Waals surface area contributed by atoms with E-state index in [9.17, 15) is 19.2 Å². The molecule has 1 aliphatic rings. The molecule has 0 saturated heterocycles. The van der Waals surface area contributed by atoms with E-state index in [1.165, 1.54) is 11.8 Å². The lowest BCUT2D eigenvalue weighted by molar-refractivity contribution is -0.167. The normalized spacial score (nSPS) is 15.8. The third-order valence-corrected chi connectivity index (χ3v) is 8.94. The summed E-state index contributed by atoms with van der Waals surface area (Å²) in [5, 5.41) is 2.47. The number of nitrogens with zero attached hydrogens (tertiary/aromatic N) is 1. The van der Waals surface area contributed by atoms with Crippen molar-refractivity contribution in [3.63, 3.8) is 0 Å². The van der Waals surface area contributed by atoms with E-state index in [0.717, 1.165) is 22.7 Å². The summed E-state index contributed by atoms with van der Waals surface area (Å²) >= 11 is 0. The Morgan fingerprint density at radius 1 is 1.00 bits per heavy atom. The third kappa shape index (κ3) is 12.2. The van der Waals surface area contributed by atoms with Gasteiger partial charge in [-0.3, -0.25) is 4.90 Å². The van der Waals surface area contributed by atoms with E-state index in [0.29, 0.717) is 12.4 Å². The molecule has 0 fully saturated rings. The number of hydrogen-bond acceptors (Lipinski definition) is 10. The van der Waals surface area contributed by atoms with Gasteiger partial charge in [0.1, 0.15) is 30.1 Å². The second-order valence-corrected chi connectivity index (χ2v) is 19.2. The van der Waals surface area contributed by atoms with Gasteiger partial charge in [-0.15, -0.1) is 0 Å². The fourth-order valence-electron chi connectivity index (χ4n) is 4.65. The highest BCUT2D eigenvalue weighted by molar-refractivity contribution is 6.76. The molecular weight excluding hydrogens is 624 g/mol. The third-order valence-electron chi connectivity index (χ3n) is 7.23. The summed E-state index contributed by atoms with van der Waals surface area (Å²) in [6.45, 7) is 13.2. The number of benzene rings is 2. The smallest absolute Gasteiger partial charge is 0.411 e. The average Bonchev–Trinajstić information content (AvgIpc) is 3.00.